The van der Waals surface area contributed by atoms with E-state index in [1.165, 1.54) is 5.56 Å². The van der Waals surface area contributed by atoms with Gasteiger partial charge in [0, 0.05) is 59.5 Å². The minimum Gasteiger partial charge on any atom is -0.496 e. The molecule has 1 aromatic rings. The molecular weight excluding hydrogens is 298 g/mol. The van der Waals surface area contributed by atoms with Crippen molar-refractivity contribution in [3.05, 3.63) is 23.3 Å². The minimum absolute atomic E-state index is 0.246. The summed E-state index contributed by atoms with van der Waals surface area (Å²) in [7, 11) is 1.05. The number of benzene rings is 1. The first-order valence-electron chi connectivity index (χ1n) is 7.99. The van der Waals surface area contributed by atoms with Crippen LogP contribution < -0.4 is 9.47 Å². The fraction of sp³-hybridized carbons (Fsp3) is 0.647. The quantitative estimate of drug-likeness (QED) is 0.855. The first-order valence-corrected chi connectivity index (χ1v) is 9.47. The monoisotopic (exact) mass is 323 g/mol. The lowest BCUT2D eigenvalue weighted by Crippen LogP contribution is -2.28. The zero-order valence-electron chi connectivity index (χ0n) is 13.6. The lowest BCUT2D eigenvalue weighted by Gasteiger charge is -2.23. The Bertz CT molecular complexity index is 575. The van der Waals surface area contributed by atoms with Gasteiger partial charge in [-0.05, 0) is 25.0 Å². The zero-order chi connectivity index (χ0) is 15.7. The molecule has 0 radical (unpaired) electrons. The molecule has 0 amide bonds. The summed E-state index contributed by atoms with van der Waals surface area (Å²) in [5.41, 5.74) is 2.40. The van der Waals surface area contributed by atoms with Crippen LogP contribution in [0.3, 0.4) is 0 Å². The smallest absolute Gasteiger partial charge is 0.123 e. The molecule has 0 aromatic heterocycles. The van der Waals surface area contributed by atoms with Crippen LogP contribution in [0.1, 0.15) is 25.0 Å². The van der Waals surface area contributed by atoms with Gasteiger partial charge in [-0.15, -0.1) is 0 Å². The van der Waals surface area contributed by atoms with E-state index in [4.69, 9.17) is 9.47 Å². The van der Waals surface area contributed by atoms with Crippen LogP contribution >= 0.6 is 0 Å². The van der Waals surface area contributed by atoms with E-state index in [2.05, 4.69) is 30.9 Å². The van der Waals surface area contributed by atoms with Gasteiger partial charge < -0.3 is 9.47 Å². The van der Waals surface area contributed by atoms with Gasteiger partial charge in [0.05, 0.1) is 7.11 Å². The van der Waals surface area contributed by atoms with Gasteiger partial charge in [-0.3, -0.25) is 9.11 Å². The maximum atomic E-state index is 11.8. The Kier molecular flexibility index (Phi) is 4.73. The van der Waals surface area contributed by atoms with E-state index in [0.717, 1.165) is 54.6 Å². The number of methoxy groups -OCH3 is 1. The maximum Gasteiger partial charge on any atom is 0.123 e. The molecule has 0 saturated carbocycles. The third-order valence-corrected chi connectivity index (χ3v) is 5.95. The SMILES string of the molecule is COc1cc2c(cc1CN1CCS(=O)CC(C)C1)OC(C)C2. The summed E-state index contributed by atoms with van der Waals surface area (Å²) in [6, 6.07) is 4.25. The van der Waals surface area contributed by atoms with Crippen molar-refractivity contribution in [3.8, 4) is 11.5 Å². The summed E-state index contributed by atoms with van der Waals surface area (Å²) in [4.78, 5) is 2.39. The summed E-state index contributed by atoms with van der Waals surface area (Å²) in [6.07, 6.45) is 1.20. The van der Waals surface area contributed by atoms with Crippen LogP contribution in [0.2, 0.25) is 0 Å². The van der Waals surface area contributed by atoms with Crippen LogP contribution in [0.4, 0.5) is 0 Å². The molecule has 1 saturated heterocycles. The predicted molar refractivity (Wildman–Crippen MR) is 89.1 cm³/mol. The molecule has 3 atom stereocenters. The normalized spacial score (nSPS) is 28.8. The average molecular weight is 323 g/mol. The Labute approximate surface area is 135 Å². The fourth-order valence-corrected chi connectivity index (χ4v) is 4.76. The average Bonchev–Trinajstić information content (AvgIpc) is 2.73. The van der Waals surface area contributed by atoms with E-state index in [0.29, 0.717) is 5.92 Å². The first kappa shape index (κ1) is 15.8. The van der Waals surface area contributed by atoms with Gasteiger partial charge in [0.15, 0.2) is 0 Å². The second-order valence-corrected chi connectivity index (χ2v) is 8.18. The summed E-state index contributed by atoms with van der Waals surface area (Å²) < 4.78 is 23.3. The van der Waals surface area contributed by atoms with Crippen LogP contribution in [0.25, 0.3) is 0 Å². The van der Waals surface area contributed by atoms with Gasteiger partial charge >= 0.3 is 0 Å². The molecule has 2 aliphatic rings. The molecule has 0 aliphatic carbocycles. The molecule has 22 heavy (non-hydrogen) atoms. The van der Waals surface area contributed by atoms with Crippen molar-refractivity contribution >= 4 is 10.8 Å². The minimum atomic E-state index is -0.676. The summed E-state index contributed by atoms with van der Waals surface area (Å²) >= 11 is 0. The van der Waals surface area contributed by atoms with E-state index < -0.39 is 10.8 Å². The topological polar surface area (TPSA) is 38.8 Å². The van der Waals surface area contributed by atoms with Crippen LogP contribution in [0, 0.1) is 5.92 Å². The predicted octanol–water partition coefficient (Wildman–Crippen LogP) is 2.22. The molecule has 5 heteroatoms. The number of ether oxygens (including phenoxy) is 2. The zero-order valence-corrected chi connectivity index (χ0v) is 14.4. The number of nitrogens with zero attached hydrogens (tertiary/aromatic N) is 1. The van der Waals surface area contributed by atoms with Crippen molar-refractivity contribution in [2.24, 2.45) is 5.92 Å². The van der Waals surface area contributed by atoms with Gasteiger partial charge in [-0.2, -0.15) is 0 Å². The number of hydrogen-bond donors (Lipinski definition) is 0. The Balaban J connectivity index is 1.79. The summed E-state index contributed by atoms with van der Waals surface area (Å²) in [5.74, 6) is 3.99. The van der Waals surface area contributed by atoms with Crippen LogP contribution in [-0.4, -0.2) is 46.9 Å². The summed E-state index contributed by atoms with van der Waals surface area (Å²) in [5, 5.41) is 0. The lowest BCUT2D eigenvalue weighted by atomic mass is 10.1. The van der Waals surface area contributed by atoms with E-state index >= 15 is 0 Å². The first-order chi connectivity index (χ1) is 10.5. The van der Waals surface area contributed by atoms with Crippen LogP contribution in [-0.2, 0) is 23.8 Å². The van der Waals surface area contributed by atoms with Gasteiger partial charge in [0.2, 0.25) is 0 Å². The van der Waals surface area contributed by atoms with Gasteiger partial charge in [-0.25, -0.2) is 0 Å². The van der Waals surface area contributed by atoms with Crippen molar-refractivity contribution in [1.82, 2.24) is 4.90 Å². The Morgan fingerprint density at radius 3 is 3.00 bits per heavy atom. The van der Waals surface area contributed by atoms with Crippen molar-refractivity contribution in [3.63, 3.8) is 0 Å². The molecule has 1 aromatic carbocycles. The van der Waals surface area contributed by atoms with E-state index in [1.807, 2.05) is 0 Å². The highest BCUT2D eigenvalue weighted by Gasteiger charge is 2.24. The van der Waals surface area contributed by atoms with Crippen molar-refractivity contribution < 1.29 is 13.7 Å². The second kappa shape index (κ2) is 6.59. The standard InChI is InChI=1S/C17H25NO3S/c1-12-9-18(4-5-22(19)11-12)10-15-8-17-14(6-13(2)21-17)7-16(15)20-3/h7-8,12-13H,4-6,9-11H2,1-3H3. The van der Waals surface area contributed by atoms with E-state index in [-0.39, 0.29) is 6.10 Å². The Morgan fingerprint density at radius 1 is 1.41 bits per heavy atom. The molecule has 0 spiro atoms. The number of fused-ring (bicyclic) bond motifs is 1. The molecule has 3 unspecified atom stereocenters. The molecule has 4 nitrogen and oxygen atoms in total. The highest BCUT2D eigenvalue weighted by atomic mass is 32.2. The Hall–Kier alpha value is -1.07. The van der Waals surface area contributed by atoms with Gasteiger partial charge in [0.1, 0.15) is 17.6 Å². The maximum absolute atomic E-state index is 11.8. The van der Waals surface area contributed by atoms with Gasteiger partial charge in [-0.1, -0.05) is 6.92 Å². The third kappa shape index (κ3) is 3.46. The molecular formula is C17H25NO3S. The highest BCUT2D eigenvalue weighted by Crippen LogP contribution is 2.35. The molecule has 2 heterocycles. The number of rotatable bonds is 3. The van der Waals surface area contributed by atoms with Crippen molar-refractivity contribution in [1.29, 1.82) is 0 Å². The van der Waals surface area contributed by atoms with Crippen LogP contribution in [0.15, 0.2) is 12.1 Å². The van der Waals surface area contributed by atoms with Crippen molar-refractivity contribution in [2.45, 2.75) is 32.9 Å². The summed E-state index contributed by atoms with van der Waals surface area (Å²) in [6.45, 7) is 6.98. The highest BCUT2D eigenvalue weighted by molar-refractivity contribution is 7.85. The molecule has 0 bridgehead atoms. The largest absolute Gasteiger partial charge is 0.496 e. The van der Waals surface area contributed by atoms with Crippen LogP contribution in [0.5, 0.6) is 11.5 Å². The number of hydrogen-bond acceptors (Lipinski definition) is 4. The molecule has 122 valence electrons. The fourth-order valence-electron chi connectivity index (χ4n) is 3.40. The van der Waals surface area contributed by atoms with E-state index in [9.17, 15) is 4.21 Å². The Morgan fingerprint density at radius 2 is 2.23 bits per heavy atom. The molecule has 1 fully saturated rings. The second-order valence-electron chi connectivity index (χ2n) is 6.56. The molecule has 2 aliphatic heterocycles. The third-order valence-electron chi connectivity index (χ3n) is 4.37. The lowest BCUT2D eigenvalue weighted by molar-refractivity contribution is 0.247. The van der Waals surface area contributed by atoms with E-state index in [1.54, 1.807) is 7.11 Å². The molecule has 3 rings (SSSR count). The van der Waals surface area contributed by atoms with Crippen molar-refractivity contribution in [2.75, 3.05) is 31.7 Å². The molecule has 0 N–H and O–H groups in total. The van der Waals surface area contributed by atoms with Gasteiger partial charge in [0.25, 0.3) is 0 Å².